The fourth-order valence-electron chi connectivity index (χ4n) is 0.856. The number of aliphatic carboxylic acids is 1. The third-order valence-electron chi connectivity index (χ3n) is 1.96. The summed E-state index contributed by atoms with van der Waals surface area (Å²) < 4.78 is 37.4. The van der Waals surface area contributed by atoms with Crippen LogP contribution in [0.5, 0.6) is 0 Å². The fraction of sp³-hybridized carbons (Fsp3) is 0.556. The Morgan fingerprint density at radius 2 is 1.94 bits per heavy atom. The summed E-state index contributed by atoms with van der Waals surface area (Å²) in [4.78, 5) is 21.7. The van der Waals surface area contributed by atoms with Crippen molar-refractivity contribution in [2.45, 2.75) is 18.6 Å². The first-order valence-electron chi connectivity index (χ1n) is 4.58. The lowest BCUT2D eigenvalue weighted by atomic mass is 10.0. The van der Waals surface area contributed by atoms with Crippen molar-refractivity contribution in [2.24, 2.45) is 0 Å². The highest BCUT2D eigenvalue weighted by atomic mass is 19.4. The molecule has 3 N–H and O–H groups in total. The molecular formula is C9H13F3N2O3. The Balaban J connectivity index is 4.62. The molecule has 0 aromatic carbocycles. The standard InChI is InChI=1S/C9H13F3N2O3/c1-3-4-13-5-6(15)14-8(2,7(16)17)9(10,11)12/h3,13H,1,4-5H2,2H3,(H,14,15)(H,16,17). The van der Waals surface area contributed by atoms with Gasteiger partial charge in [0.25, 0.3) is 0 Å². The largest absolute Gasteiger partial charge is 0.479 e. The number of rotatable bonds is 6. The zero-order valence-electron chi connectivity index (χ0n) is 9.10. The zero-order chi connectivity index (χ0) is 13.7. The number of hydrogen-bond donors (Lipinski definition) is 3. The molecule has 0 saturated carbocycles. The zero-order valence-corrected chi connectivity index (χ0v) is 9.10. The molecule has 1 amide bonds. The smallest absolute Gasteiger partial charge is 0.422 e. The Bertz CT molecular complexity index is 317. The first-order chi connectivity index (χ1) is 7.65. The highest BCUT2D eigenvalue weighted by molar-refractivity contribution is 5.88. The van der Waals surface area contributed by atoms with E-state index in [1.807, 2.05) is 0 Å². The van der Waals surface area contributed by atoms with Crippen LogP contribution in [0.2, 0.25) is 0 Å². The molecule has 0 aliphatic rings. The number of alkyl halides is 3. The molecule has 0 aromatic rings. The molecule has 98 valence electrons. The van der Waals surface area contributed by atoms with Crippen LogP contribution < -0.4 is 10.6 Å². The maximum Gasteiger partial charge on any atom is 0.422 e. The molecule has 17 heavy (non-hydrogen) atoms. The molecule has 0 bridgehead atoms. The second kappa shape index (κ2) is 5.67. The highest BCUT2D eigenvalue weighted by Gasteiger charge is 2.58. The quantitative estimate of drug-likeness (QED) is 0.470. The van der Waals surface area contributed by atoms with Gasteiger partial charge in [0.2, 0.25) is 11.4 Å². The van der Waals surface area contributed by atoms with Gasteiger partial charge in [0.15, 0.2) is 0 Å². The number of hydrogen-bond acceptors (Lipinski definition) is 3. The number of nitrogens with one attached hydrogen (secondary N) is 2. The van der Waals surface area contributed by atoms with E-state index in [-0.39, 0.29) is 6.54 Å². The predicted octanol–water partition coefficient (Wildman–Crippen LogP) is 0.284. The third kappa shape index (κ3) is 4.06. The number of carbonyl (C=O) groups is 2. The SMILES string of the molecule is C=CCNCC(=O)NC(C)(C(=O)O)C(F)(F)F. The van der Waals surface area contributed by atoms with E-state index in [4.69, 9.17) is 5.11 Å². The van der Waals surface area contributed by atoms with E-state index in [1.165, 1.54) is 11.4 Å². The second-order valence-electron chi connectivity index (χ2n) is 3.40. The summed E-state index contributed by atoms with van der Waals surface area (Å²) in [6.07, 6.45) is -3.67. The van der Waals surface area contributed by atoms with Gasteiger partial charge in [-0.2, -0.15) is 13.2 Å². The minimum absolute atomic E-state index is 0.225. The summed E-state index contributed by atoms with van der Waals surface area (Å²) in [7, 11) is 0. The number of carboxylic acid groups (broad SMARTS) is 1. The van der Waals surface area contributed by atoms with Gasteiger partial charge in [0.05, 0.1) is 6.54 Å². The molecule has 0 aromatic heterocycles. The molecule has 0 aliphatic heterocycles. The van der Waals surface area contributed by atoms with Crippen LogP contribution in [-0.2, 0) is 9.59 Å². The Morgan fingerprint density at radius 3 is 2.29 bits per heavy atom. The molecule has 0 fully saturated rings. The maximum atomic E-state index is 12.5. The van der Waals surface area contributed by atoms with Crippen LogP contribution >= 0.6 is 0 Å². The van der Waals surface area contributed by atoms with Gasteiger partial charge in [-0.3, -0.25) is 4.79 Å². The second-order valence-corrected chi connectivity index (χ2v) is 3.40. The van der Waals surface area contributed by atoms with E-state index in [2.05, 4.69) is 11.9 Å². The van der Waals surface area contributed by atoms with E-state index in [0.717, 1.165) is 0 Å². The number of amides is 1. The molecular weight excluding hydrogens is 241 g/mol. The van der Waals surface area contributed by atoms with Gasteiger partial charge in [-0.05, 0) is 6.92 Å². The summed E-state index contributed by atoms with van der Waals surface area (Å²) in [6, 6.07) is 0. The summed E-state index contributed by atoms with van der Waals surface area (Å²) >= 11 is 0. The summed E-state index contributed by atoms with van der Waals surface area (Å²) in [5, 5.41) is 12.4. The van der Waals surface area contributed by atoms with Crippen LogP contribution in [0.4, 0.5) is 13.2 Å². The predicted molar refractivity (Wildman–Crippen MR) is 53.3 cm³/mol. The Labute approximate surface area is 95.7 Å². The number of carbonyl (C=O) groups excluding carboxylic acids is 1. The molecule has 1 atom stereocenters. The van der Waals surface area contributed by atoms with Gasteiger partial charge in [0.1, 0.15) is 0 Å². The van der Waals surface area contributed by atoms with Crippen molar-refractivity contribution in [3.63, 3.8) is 0 Å². The van der Waals surface area contributed by atoms with E-state index in [1.54, 1.807) is 0 Å². The van der Waals surface area contributed by atoms with Crippen LogP contribution in [0.3, 0.4) is 0 Å². The molecule has 0 rings (SSSR count). The minimum atomic E-state index is -5.08. The van der Waals surface area contributed by atoms with Gasteiger partial charge < -0.3 is 15.7 Å². The first-order valence-corrected chi connectivity index (χ1v) is 4.58. The lowest BCUT2D eigenvalue weighted by Gasteiger charge is -2.28. The first kappa shape index (κ1) is 15.4. The summed E-state index contributed by atoms with van der Waals surface area (Å²) in [5.74, 6) is -3.23. The van der Waals surface area contributed by atoms with Gasteiger partial charge in [0, 0.05) is 6.54 Å². The van der Waals surface area contributed by atoms with Crippen molar-refractivity contribution < 1.29 is 27.9 Å². The van der Waals surface area contributed by atoms with Gasteiger partial charge in [-0.25, -0.2) is 4.79 Å². The van der Waals surface area contributed by atoms with Crippen molar-refractivity contribution >= 4 is 11.9 Å². The van der Waals surface area contributed by atoms with Crippen LogP contribution in [0.15, 0.2) is 12.7 Å². The van der Waals surface area contributed by atoms with E-state index in [9.17, 15) is 22.8 Å². The van der Waals surface area contributed by atoms with Crippen LogP contribution in [0, 0.1) is 0 Å². The van der Waals surface area contributed by atoms with Gasteiger partial charge >= 0.3 is 12.1 Å². The molecule has 0 spiro atoms. The summed E-state index contributed by atoms with van der Waals surface area (Å²) in [5.41, 5.74) is -3.29. The average Bonchev–Trinajstić information content (AvgIpc) is 2.15. The topological polar surface area (TPSA) is 78.4 Å². The Morgan fingerprint density at radius 1 is 1.41 bits per heavy atom. The van der Waals surface area contributed by atoms with E-state index in [0.29, 0.717) is 6.92 Å². The van der Waals surface area contributed by atoms with Crippen molar-refractivity contribution in [3.05, 3.63) is 12.7 Å². The Hall–Kier alpha value is -1.57. The van der Waals surface area contributed by atoms with Crippen molar-refractivity contribution in [2.75, 3.05) is 13.1 Å². The van der Waals surface area contributed by atoms with Crippen LogP contribution in [0.1, 0.15) is 6.92 Å². The fourth-order valence-corrected chi connectivity index (χ4v) is 0.856. The lowest BCUT2D eigenvalue weighted by Crippen LogP contribution is -2.63. The molecule has 8 heteroatoms. The van der Waals surface area contributed by atoms with E-state index >= 15 is 0 Å². The third-order valence-corrected chi connectivity index (χ3v) is 1.96. The molecule has 1 unspecified atom stereocenters. The van der Waals surface area contributed by atoms with Crippen molar-refractivity contribution in [1.82, 2.24) is 10.6 Å². The molecule has 0 saturated heterocycles. The van der Waals surface area contributed by atoms with Gasteiger partial charge in [-0.1, -0.05) is 6.08 Å². The van der Waals surface area contributed by atoms with E-state index < -0.39 is 30.1 Å². The molecule has 0 heterocycles. The van der Waals surface area contributed by atoms with Gasteiger partial charge in [-0.15, -0.1) is 6.58 Å². The minimum Gasteiger partial charge on any atom is -0.479 e. The molecule has 0 aliphatic carbocycles. The Kier molecular flexibility index (Phi) is 5.14. The molecule has 5 nitrogen and oxygen atoms in total. The maximum absolute atomic E-state index is 12.5. The normalized spacial score (nSPS) is 14.8. The number of halogens is 3. The molecule has 0 radical (unpaired) electrons. The highest BCUT2D eigenvalue weighted by Crippen LogP contribution is 2.30. The van der Waals surface area contributed by atoms with Crippen molar-refractivity contribution in [3.8, 4) is 0 Å². The van der Waals surface area contributed by atoms with Crippen LogP contribution in [-0.4, -0.2) is 41.8 Å². The monoisotopic (exact) mass is 254 g/mol. The van der Waals surface area contributed by atoms with Crippen molar-refractivity contribution in [1.29, 1.82) is 0 Å². The number of carboxylic acids is 1. The van der Waals surface area contributed by atoms with Crippen LogP contribution in [0.25, 0.3) is 0 Å². The average molecular weight is 254 g/mol. The summed E-state index contributed by atoms with van der Waals surface area (Å²) in [6.45, 7) is 3.52. The lowest BCUT2D eigenvalue weighted by molar-refractivity contribution is -0.206.